The Morgan fingerprint density at radius 1 is 0.936 bits per heavy atom. The van der Waals surface area contributed by atoms with Gasteiger partial charge in [-0.15, -0.1) is 23.7 Å². The van der Waals surface area contributed by atoms with Gasteiger partial charge in [-0.2, -0.15) is 0 Å². The Morgan fingerprint density at radius 3 is 2.21 bits per heavy atom. The van der Waals surface area contributed by atoms with E-state index in [1.165, 1.54) is 35.7 Å². The average molecular weight is 680 g/mol. The fourth-order valence-corrected chi connectivity index (χ4v) is 6.51. The van der Waals surface area contributed by atoms with Gasteiger partial charge in [0.15, 0.2) is 0 Å². The lowest BCUT2D eigenvalue weighted by Gasteiger charge is -2.18. The van der Waals surface area contributed by atoms with Gasteiger partial charge in [0.05, 0.1) is 18.5 Å². The number of fused-ring (bicyclic) bond motifs is 1. The molecule has 2 heterocycles. The molecule has 0 aliphatic heterocycles. The third-order valence-electron chi connectivity index (χ3n) is 7.55. The Morgan fingerprint density at radius 2 is 1.60 bits per heavy atom. The van der Waals surface area contributed by atoms with Gasteiger partial charge in [-0.1, -0.05) is 62.4 Å². The molecule has 11 heteroatoms. The van der Waals surface area contributed by atoms with E-state index in [4.69, 9.17) is 4.74 Å². The van der Waals surface area contributed by atoms with E-state index in [9.17, 15) is 23.2 Å². The molecule has 7 nitrogen and oxygen atoms in total. The summed E-state index contributed by atoms with van der Waals surface area (Å²) in [4.78, 5) is 42.7. The van der Waals surface area contributed by atoms with Crippen LogP contribution in [0.25, 0.3) is 20.7 Å². The largest absolute Gasteiger partial charge is 0.462 e. The minimum atomic E-state index is -0.807. The van der Waals surface area contributed by atoms with Crippen molar-refractivity contribution >= 4 is 51.5 Å². The molecule has 5 aromatic rings. The van der Waals surface area contributed by atoms with E-state index in [-0.39, 0.29) is 48.5 Å². The lowest BCUT2D eigenvalue weighted by molar-refractivity contribution is -0.118. The smallest absolute Gasteiger partial charge is 0.343 e. The molecule has 0 saturated heterocycles. The number of carbonyl (C=O) groups is 2. The second-order valence-electron chi connectivity index (χ2n) is 11.4. The summed E-state index contributed by atoms with van der Waals surface area (Å²) >= 11 is 1.31. The molecule has 0 fully saturated rings. The quantitative estimate of drug-likeness (QED) is 0.144. The fraction of sp³-hybridized carbons (Fsp3) is 0.250. The minimum Gasteiger partial charge on any atom is -0.462 e. The molecule has 0 bridgehead atoms. The number of thiophene rings is 1. The number of nitrogens with one attached hydrogen (secondary N) is 1. The molecule has 0 atom stereocenters. The van der Waals surface area contributed by atoms with Crippen LogP contribution in [0.2, 0.25) is 0 Å². The van der Waals surface area contributed by atoms with Crippen molar-refractivity contribution in [1.82, 2.24) is 9.47 Å². The Bertz CT molecular complexity index is 1920. The van der Waals surface area contributed by atoms with Gasteiger partial charge in [0, 0.05) is 41.3 Å². The highest BCUT2D eigenvalue weighted by Gasteiger charge is 2.25. The van der Waals surface area contributed by atoms with E-state index in [0.717, 1.165) is 16.0 Å². The molecule has 0 unspecified atom stereocenters. The molecule has 1 amide bonds. The molecule has 47 heavy (non-hydrogen) atoms. The highest BCUT2D eigenvalue weighted by Crippen LogP contribution is 2.39. The van der Waals surface area contributed by atoms with E-state index in [0.29, 0.717) is 34.6 Å². The maximum absolute atomic E-state index is 14.9. The van der Waals surface area contributed by atoms with Gasteiger partial charge in [0.2, 0.25) is 11.3 Å². The summed E-state index contributed by atoms with van der Waals surface area (Å²) in [5.41, 5.74) is 2.26. The number of anilines is 1. The van der Waals surface area contributed by atoms with Crippen molar-refractivity contribution in [2.75, 3.05) is 19.0 Å². The van der Waals surface area contributed by atoms with Crippen LogP contribution >= 0.6 is 23.7 Å². The van der Waals surface area contributed by atoms with Gasteiger partial charge in [0.25, 0.3) is 0 Å². The van der Waals surface area contributed by atoms with Crippen LogP contribution in [0.3, 0.4) is 0 Å². The van der Waals surface area contributed by atoms with E-state index < -0.39 is 23.0 Å². The number of benzene rings is 3. The predicted molar refractivity (Wildman–Crippen MR) is 185 cm³/mol. The minimum absolute atomic E-state index is 0. The van der Waals surface area contributed by atoms with Crippen LogP contribution < -0.4 is 10.7 Å². The van der Waals surface area contributed by atoms with Crippen LogP contribution in [-0.2, 0) is 29.2 Å². The first-order valence-electron chi connectivity index (χ1n) is 15.0. The van der Waals surface area contributed by atoms with Gasteiger partial charge in [-0.05, 0) is 54.9 Å². The maximum atomic E-state index is 14.9. The summed E-state index contributed by atoms with van der Waals surface area (Å²) in [5.74, 6) is -2.57. The zero-order valence-electron chi connectivity index (χ0n) is 26.5. The number of amides is 1. The zero-order chi connectivity index (χ0) is 33.0. The van der Waals surface area contributed by atoms with Crippen molar-refractivity contribution in [3.63, 3.8) is 0 Å². The maximum Gasteiger partial charge on any atom is 0.343 e. The Labute approximate surface area is 282 Å². The topological polar surface area (TPSA) is 80.6 Å². The number of aromatic nitrogens is 1. The molecule has 0 spiro atoms. The number of nitrogens with zero attached hydrogens (tertiary/aromatic N) is 2. The van der Waals surface area contributed by atoms with Crippen LogP contribution in [0.5, 0.6) is 0 Å². The van der Waals surface area contributed by atoms with Gasteiger partial charge >= 0.3 is 5.97 Å². The van der Waals surface area contributed by atoms with Gasteiger partial charge in [-0.25, -0.2) is 13.6 Å². The summed E-state index contributed by atoms with van der Waals surface area (Å²) in [5, 5.41) is 3.18. The van der Waals surface area contributed by atoms with Gasteiger partial charge < -0.3 is 14.6 Å². The summed E-state index contributed by atoms with van der Waals surface area (Å²) in [6.07, 6.45) is 1.33. The van der Waals surface area contributed by atoms with E-state index in [2.05, 4.69) is 10.2 Å². The average Bonchev–Trinajstić information content (AvgIpc) is 3.40. The van der Waals surface area contributed by atoms with E-state index in [1.54, 1.807) is 23.6 Å². The predicted octanol–water partition coefficient (Wildman–Crippen LogP) is 7.88. The lowest BCUT2D eigenvalue weighted by atomic mass is 10.0. The number of ether oxygens (including phenoxy) is 1. The Kier molecular flexibility index (Phi) is 11.7. The monoisotopic (exact) mass is 679 g/mol. The highest BCUT2D eigenvalue weighted by atomic mass is 35.5. The van der Waals surface area contributed by atoms with Crippen molar-refractivity contribution < 1.29 is 23.1 Å². The van der Waals surface area contributed by atoms with Crippen molar-refractivity contribution in [3.05, 3.63) is 123 Å². The molecular formula is C36H36ClF2N3O4S. The molecular weight excluding hydrogens is 644 g/mol. The molecule has 0 aliphatic carbocycles. The number of carbonyl (C=O) groups excluding carboxylic acids is 2. The third-order valence-corrected chi connectivity index (χ3v) is 8.87. The van der Waals surface area contributed by atoms with Crippen LogP contribution in [0.1, 0.15) is 47.8 Å². The second-order valence-corrected chi connectivity index (χ2v) is 12.4. The molecule has 1 N–H and O–H groups in total. The number of halogens is 3. The highest BCUT2D eigenvalue weighted by molar-refractivity contribution is 7.22. The standard InChI is InChI=1S/C36H35F2N3O4S.ClH/c1-5-45-36(44)28-21-41(20-26-29(37)12-9-13-30(26)38)35-31(32(28)42)27(19-40(4)18-23-10-7-6-8-11-23)33(46-35)24-14-16-25(17-15-24)39-34(43)22(2)3;/h6-17,21-22H,5,18-20H2,1-4H3,(H,39,43);1H. The first-order chi connectivity index (χ1) is 22.1. The molecule has 3 aromatic carbocycles. The first kappa shape index (κ1) is 35.5. The number of esters is 1. The van der Waals surface area contributed by atoms with Crippen LogP contribution in [0.15, 0.2) is 83.8 Å². The third kappa shape index (κ3) is 7.96. The molecule has 0 radical (unpaired) electrons. The van der Waals surface area contributed by atoms with Gasteiger partial charge in [-0.3, -0.25) is 14.5 Å². The van der Waals surface area contributed by atoms with E-state index >= 15 is 0 Å². The molecule has 246 valence electrons. The number of hydrogen-bond donors (Lipinski definition) is 1. The van der Waals surface area contributed by atoms with Crippen molar-refractivity contribution in [2.24, 2.45) is 5.92 Å². The normalized spacial score (nSPS) is 11.1. The zero-order valence-corrected chi connectivity index (χ0v) is 28.1. The molecule has 2 aromatic heterocycles. The van der Waals surface area contributed by atoms with Gasteiger partial charge in [0.1, 0.15) is 22.0 Å². The first-order valence-corrected chi connectivity index (χ1v) is 15.8. The second kappa shape index (κ2) is 15.5. The van der Waals surface area contributed by atoms with Crippen molar-refractivity contribution in [3.8, 4) is 10.4 Å². The summed E-state index contributed by atoms with van der Waals surface area (Å²) in [6.45, 7) is 6.00. The van der Waals surface area contributed by atoms with E-state index in [1.807, 2.05) is 63.4 Å². The lowest BCUT2D eigenvalue weighted by Crippen LogP contribution is -2.23. The van der Waals surface area contributed by atoms with Crippen LogP contribution in [0.4, 0.5) is 14.5 Å². The van der Waals surface area contributed by atoms with Crippen LogP contribution in [0, 0.1) is 17.6 Å². The number of rotatable bonds is 11. The Hall–Kier alpha value is -4.38. The Balaban J connectivity index is 0.00000500. The van der Waals surface area contributed by atoms with Crippen molar-refractivity contribution in [2.45, 2.75) is 40.4 Å². The summed E-state index contributed by atoms with van der Waals surface area (Å²) < 4.78 is 36.5. The fourth-order valence-electron chi connectivity index (χ4n) is 5.22. The number of hydrogen-bond acceptors (Lipinski definition) is 6. The molecule has 0 saturated carbocycles. The molecule has 5 rings (SSSR count). The SMILES string of the molecule is CCOC(=O)c1cn(Cc2c(F)cccc2F)c2sc(-c3ccc(NC(=O)C(C)C)cc3)c(CN(C)Cc3ccccc3)c2c1=O.Cl. The van der Waals surface area contributed by atoms with Crippen LogP contribution in [-0.4, -0.2) is 35.0 Å². The van der Waals surface area contributed by atoms with Crippen molar-refractivity contribution in [1.29, 1.82) is 0 Å². The number of pyridine rings is 1. The summed E-state index contributed by atoms with van der Waals surface area (Å²) in [7, 11) is 1.94. The molecule has 0 aliphatic rings. The summed E-state index contributed by atoms with van der Waals surface area (Å²) in [6, 6.07) is 20.8.